The van der Waals surface area contributed by atoms with Gasteiger partial charge in [0, 0.05) is 24.5 Å². The van der Waals surface area contributed by atoms with Gasteiger partial charge in [-0.3, -0.25) is 9.59 Å². The van der Waals surface area contributed by atoms with E-state index in [9.17, 15) is 9.59 Å². The van der Waals surface area contributed by atoms with Crippen molar-refractivity contribution >= 4 is 22.7 Å². The van der Waals surface area contributed by atoms with Gasteiger partial charge in [0.25, 0.3) is 5.91 Å². The number of benzene rings is 1. The number of H-pyrrole nitrogens is 1. The Labute approximate surface area is 129 Å². The van der Waals surface area contributed by atoms with Gasteiger partial charge in [-0.2, -0.15) is 0 Å². The van der Waals surface area contributed by atoms with Crippen molar-refractivity contribution in [3.8, 4) is 0 Å². The van der Waals surface area contributed by atoms with Crippen LogP contribution < -0.4 is 5.32 Å². The Bertz CT molecular complexity index is 776. The summed E-state index contributed by atoms with van der Waals surface area (Å²) in [5.74, 6) is -0.226. The zero-order valence-electron chi connectivity index (χ0n) is 13.4. The first-order valence-electron chi connectivity index (χ1n) is 7.54. The molecule has 1 atom stereocenters. The van der Waals surface area contributed by atoms with Crippen LogP contribution in [0.5, 0.6) is 0 Å². The van der Waals surface area contributed by atoms with E-state index in [1.54, 1.807) is 11.9 Å². The molecule has 2 N–H and O–H groups in total. The van der Waals surface area contributed by atoms with Crippen LogP contribution in [-0.2, 0) is 4.79 Å². The molecule has 22 heavy (non-hydrogen) atoms. The zero-order chi connectivity index (χ0) is 16.0. The number of hydrogen-bond acceptors (Lipinski definition) is 2. The summed E-state index contributed by atoms with van der Waals surface area (Å²) in [4.78, 5) is 29.4. The van der Waals surface area contributed by atoms with E-state index >= 15 is 0 Å². The normalized spacial score (nSPS) is 18.3. The number of aromatic amines is 1. The molecule has 3 rings (SSSR count). The highest BCUT2D eigenvalue weighted by Gasteiger charge is 2.31. The first-order valence-corrected chi connectivity index (χ1v) is 7.54. The average Bonchev–Trinajstić information content (AvgIpc) is 2.99. The number of fused-ring (bicyclic) bond motifs is 1. The van der Waals surface area contributed by atoms with E-state index in [0.717, 1.165) is 27.6 Å². The number of nitrogens with zero attached hydrogens (tertiary/aromatic N) is 1. The second-order valence-corrected chi connectivity index (χ2v) is 6.15. The molecule has 1 aromatic heterocycles. The van der Waals surface area contributed by atoms with Crippen LogP contribution >= 0.6 is 0 Å². The van der Waals surface area contributed by atoms with Crippen LogP contribution in [0.4, 0.5) is 0 Å². The van der Waals surface area contributed by atoms with Crippen molar-refractivity contribution in [1.82, 2.24) is 15.2 Å². The minimum atomic E-state index is -0.412. The number of aryl methyl sites for hydroxylation is 3. The lowest BCUT2D eigenvalue weighted by Crippen LogP contribution is -2.40. The Morgan fingerprint density at radius 1 is 1.27 bits per heavy atom. The molecule has 0 radical (unpaired) electrons. The van der Waals surface area contributed by atoms with Gasteiger partial charge in [0.05, 0.1) is 0 Å². The van der Waals surface area contributed by atoms with Crippen molar-refractivity contribution in [3.63, 3.8) is 0 Å². The quantitative estimate of drug-likeness (QED) is 0.891. The fraction of sp³-hybridized carbons (Fsp3) is 0.412. The fourth-order valence-corrected chi connectivity index (χ4v) is 3.21. The van der Waals surface area contributed by atoms with Crippen molar-refractivity contribution in [2.45, 2.75) is 33.2 Å². The van der Waals surface area contributed by atoms with Gasteiger partial charge in [0.1, 0.15) is 11.7 Å². The van der Waals surface area contributed by atoms with E-state index < -0.39 is 6.04 Å². The average molecular weight is 299 g/mol. The number of carbonyl (C=O) groups is 2. The van der Waals surface area contributed by atoms with Crippen molar-refractivity contribution in [2.24, 2.45) is 0 Å². The molecule has 2 aromatic rings. The zero-order valence-corrected chi connectivity index (χ0v) is 13.4. The van der Waals surface area contributed by atoms with Crippen molar-refractivity contribution in [3.05, 3.63) is 34.5 Å². The van der Waals surface area contributed by atoms with Gasteiger partial charge in [-0.1, -0.05) is 12.1 Å². The Morgan fingerprint density at radius 3 is 2.55 bits per heavy atom. The van der Waals surface area contributed by atoms with Crippen LogP contribution in [0.2, 0.25) is 0 Å². The molecule has 1 saturated heterocycles. The summed E-state index contributed by atoms with van der Waals surface area (Å²) < 4.78 is 0. The number of amides is 2. The molecule has 116 valence electrons. The third kappa shape index (κ3) is 2.17. The van der Waals surface area contributed by atoms with Crippen LogP contribution in [0, 0.1) is 20.8 Å². The number of likely N-dealkylation sites (tertiary alicyclic amines) is 1. The topological polar surface area (TPSA) is 65.2 Å². The summed E-state index contributed by atoms with van der Waals surface area (Å²) in [5.41, 5.74) is 4.74. The van der Waals surface area contributed by atoms with Gasteiger partial charge < -0.3 is 15.2 Å². The molecule has 1 aromatic carbocycles. The minimum absolute atomic E-state index is 0.0190. The maximum atomic E-state index is 12.6. The third-order valence-electron chi connectivity index (χ3n) is 4.58. The summed E-state index contributed by atoms with van der Waals surface area (Å²) >= 11 is 0. The predicted molar refractivity (Wildman–Crippen MR) is 86.0 cm³/mol. The summed E-state index contributed by atoms with van der Waals surface area (Å²) in [7, 11) is 1.76. The second kappa shape index (κ2) is 5.16. The van der Waals surface area contributed by atoms with Crippen LogP contribution in [0.25, 0.3) is 10.9 Å². The third-order valence-corrected chi connectivity index (χ3v) is 4.58. The van der Waals surface area contributed by atoms with E-state index in [-0.39, 0.29) is 11.8 Å². The number of likely N-dealkylation sites (N-methyl/N-ethyl adjacent to an activating group) is 1. The molecular formula is C17H21N3O2. The lowest BCUT2D eigenvalue weighted by atomic mass is 10.0. The Morgan fingerprint density at radius 2 is 1.95 bits per heavy atom. The first kappa shape index (κ1) is 14.6. The van der Waals surface area contributed by atoms with Crippen LogP contribution in [-0.4, -0.2) is 41.3 Å². The minimum Gasteiger partial charge on any atom is -0.350 e. The summed E-state index contributed by atoms with van der Waals surface area (Å²) in [5, 5.41) is 3.95. The highest BCUT2D eigenvalue weighted by molar-refractivity contribution is 6.04. The molecule has 5 nitrogen and oxygen atoms in total. The maximum absolute atomic E-state index is 12.6. The van der Waals surface area contributed by atoms with Gasteiger partial charge in [-0.05, 0) is 43.9 Å². The molecule has 1 aliphatic heterocycles. The summed E-state index contributed by atoms with van der Waals surface area (Å²) in [6, 6.07) is 3.70. The van der Waals surface area contributed by atoms with Crippen LogP contribution in [0.3, 0.4) is 0 Å². The number of aromatic nitrogens is 1. The van der Waals surface area contributed by atoms with Crippen molar-refractivity contribution < 1.29 is 9.59 Å². The number of hydrogen-bond donors (Lipinski definition) is 2. The maximum Gasteiger partial charge on any atom is 0.268 e. The lowest BCUT2D eigenvalue weighted by molar-refractivity contribution is -0.128. The predicted octanol–water partition coefficient (Wildman–Crippen LogP) is 2.05. The largest absolute Gasteiger partial charge is 0.350 e. The summed E-state index contributed by atoms with van der Waals surface area (Å²) in [6.07, 6.45) is 0.665. The molecule has 0 aliphatic carbocycles. The van der Waals surface area contributed by atoms with Crippen LogP contribution in [0.15, 0.2) is 12.1 Å². The number of nitrogens with one attached hydrogen (secondary N) is 2. The highest BCUT2D eigenvalue weighted by Crippen LogP contribution is 2.27. The Hall–Kier alpha value is -2.30. The molecule has 0 saturated carbocycles. The number of carbonyl (C=O) groups excluding carboxylic acids is 2. The van der Waals surface area contributed by atoms with Crippen molar-refractivity contribution in [1.29, 1.82) is 0 Å². The summed E-state index contributed by atoms with van der Waals surface area (Å²) in [6.45, 7) is 6.70. The Balaban J connectivity index is 1.95. The molecule has 2 amide bonds. The SMILES string of the molecule is Cc1ccc(C)c2c(C)c(C(=O)N[C@@H]3CCN(C)C3=O)[nH]c12. The van der Waals surface area contributed by atoms with E-state index in [4.69, 9.17) is 0 Å². The second-order valence-electron chi connectivity index (χ2n) is 6.15. The van der Waals surface area contributed by atoms with Gasteiger partial charge in [-0.15, -0.1) is 0 Å². The molecular weight excluding hydrogens is 278 g/mol. The molecule has 1 aliphatic rings. The van der Waals surface area contributed by atoms with Crippen molar-refractivity contribution in [2.75, 3.05) is 13.6 Å². The molecule has 0 spiro atoms. The van der Waals surface area contributed by atoms with E-state index in [2.05, 4.69) is 16.4 Å². The van der Waals surface area contributed by atoms with Crippen LogP contribution in [0.1, 0.15) is 33.6 Å². The fourth-order valence-electron chi connectivity index (χ4n) is 3.21. The molecule has 5 heteroatoms. The smallest absolute Gasteiger partial charge is 0.268 e. The Kier molecular flexibility index (Phi) is 3.43. The van der Waals surface area contributed by atoms with E-state index in [1.165, 1.54) is 0 Å². The van der Waals surface area contributed by atoms with Gasteiger partial charge in [0.15, 0.2) is 0 Å². The molecule has 0 unspecified atom stereocenters. The van der Waals surface area contributed by atoms with E-state index in [0.29, 0.717) is 18.7 Å². The lowest BCUT2D eigenvalue weighted by Gasteiger charge is -2.12. The van der Waals surface area contributed by atoms with Gasteiger partial charge >= 0.3 is 0 Å². The number of rotatable bonds is 2. The monoisotopic (exact) mass is 299 g/mol. The molecule has 1 fully saturated rings. The van der Waals surface area contributed by atoms with E-state index in [1.807, 2.05) is 26.8 Å². The molecule has 2 heterocycles. The molecule has 0 bridgehead atoms. The highest BCUT2D eigenvalue weighted by atomic mass is 16.2. The first-order chi connectivity index (χ1) is 10.4. The van der Waals surface area contributed by atoms with Gasteiger partial charge in [-0.25, -0.2) is 0 Å². The standard InChI is InChI=1S/C17H21N3O2/c1-9-5-6-10(2)14-13(9)11(3)15(19-14)16(21)18-12-7-8-20(4)17(12)22/h5-6,12,19H,7-8H2,1-4H3,(H,18,21)/t12-/m1/s1. The van der Waals surface area contributed by atoms with Gasteiger partial charge in [0.2, 0.25) is 5.91 Å².